The predicted octanol–water partition coefficient (Wildman–Crippen LogP) is 3.45. The fourth-order valence-corrected chi connectivity index (χ4v) is 4.42. The Labute approximate surface area is 190 Å². The molecule has 2 aromatic carbocycles. The number of thiocarbonyl (C=S) groups is 1. The van der Waals surface area contributed by atoms with Crippen LogP contribution in [0.3, 0.4) is 0 Å². The molecule has 1 N–H and O–H groups in total. The molecule has 2 amide bonds. The SMILES string of the molecule is O=C(CCCCCN1C(=O)/C(=C/c2ccccc2)SC1=S)Nc1ccccc1C(=O)[O-]. The summed E-state index contributed by atoms with van der Waals surface area (Å²) in [5.74, 6) is -1.68. The molecule has 1 fully saturated rings. The van der Waals surface area contributed by atoms with Gasteiger partial charge in [0.15, 0.2) is 0 Å². The standard InChI is InChI=1S/C23H22N2O4S2/c26-20(24-18-12-7-6-11-17(18)22(28)29)13-5-2-8-14-25-21(27)19(31-23(25)30)15-16-9-3-1-4-10-16/h1,3-4,6-7,9-12,15H,2,5,8,13-14H2,(H,24,26)(H,28,29)/p-1/b19-15-. The number of thioether (sulfide) groups is 1. The normalized spacial score (nSPS) is 14.8. The van der Waals surface area contributed by atoms with Crippen LogP contribution in [0.1, 0.15) is 41.6 Å². The van der Waals surface area contributed by atoms with Gasteiger partial charge in [0.25, 0.3) is 5.91 Å². The number of hydrogen-bond donors (Lipinski definition) is 1. The van der Waals surface area contributed by atoms with E-state index in [1.807, 2.05) is 36.4 Å². The number of rotatable bonds is 9. The number of unbranched alkanes of at least 4 members (excludes halogenated alkanes) is 2. The van der Waals surface area contributed by atoms with Gasteiger partial charge in [0, 0.05) is 24.2 Å². The summed E-state index contributed by atoms with van der Waals surface area (Å²) in [6.07, 6.45) is 4.17. The second-order valence-corrected chi connectivity index (χ2v) is 8.61. The molecule has 0 aromatic heterocycles. The number of carbonyl (C=O) groups excluding carboxylic acids is 3. The zero-order valence-electron chi connectivity index (χ0n) is 16.7. The van der Waals surface area contributed by atoms with Gasteiger partial charge in [-0.1, -0.05) is 78.9 Å². The number of para-hydroxylation sites is 1. The topological polar surface area (TPSA) is 89.5 Å². The average Bonchev–Trinajstić information content (AvgIpc) is 3.01. The Morgan fingerprint density at radius 3 is 2.48 bits per heavy atom. The smallest absolute Gasteiger partial charge is 0.266 e. The van der Waals surface area contributed by atoms with Crippen molar-refractivity contribution in [2.75, 3.05) is 11.9 Å². The first-order chi connectivity index (χ1) is 15.0. The van der Waals surface area contributed by atoms with Gasteiger partial charge < -0.3 is 15.2 Å². The Balaban J connectivity index is 1.42. The Morgan fingerprint density at radius 2 is 1.74 bits per heavy atom. The fourth-order valence-electron chi connectivity index (χ4n) is 3.11. The first-order valence-corrected chi connectivity index (χ1v) is 11.1. The molecule has 0 unspecified atom stereocenters. The Bertz CT molecular complexity index is 1020. The molecule has 0 aliphatic carbocycles. The van der Waals surface area contributed by atoms with Gasteiger partial charge in [0.1, 0.15) is 4.32 Å². The highest BCUT2D eigenvalue weighted by atomic mass is 32.2. The second-order valence-electron chi connectivity index (χ2n) is 6.94. The summed E-state index contributed by atoms with van der Waals surface area (Å²) in [4.78, 5) is 38.0. The van der Waals surface area contributed by atoms with Crippen LogP contribution in [-0.4, -0.2) is 33.5 Å². The molecule has 1 aliphatic rings. The van der Waals surface area contributed by atoms with E-state index in [1.54, 1.807) is 17.0 Å². The molecule has 0 saturated carbocycles. The molecule has 3 rings (SSSR count). The molecular formula is C23H21N2O4S2-. The number of carboxylic acids is 1. The van der Waals surface area contributed by atoms with E-state index in [9.17, 15) is 19.5 Å². The second kappa shape index (κ2) is 10.9. The van der Waals surface area contributed by atoms with Crippen LogP contribution in [0, 0.1) is 0 Å². The first-order valence-electron chi connectivity index (χ1n) is 9.86. The number of nitrogens with zero attached hydrogens (tertiary/aromatic N) is 1. The van der Waals surface area contributed by atoms with Crippen molar-refractivity contribution in [3.63, 3.8) is 0 Å². The van der Waals surface area contributed by atoms with Crippen molar-refractivity contribution in [2.24, 2.45) is 0 Å². The molecule has 1 saturated heterocycles. The van der Waals surface area contributed by atoms with Crippen molar-refractivity contribution in [2.45, 2.75) is 25.7 Å². The van der Waals surface area contributed by atoms with Gasteiger partial charge in [-0.05, 0) is 30.5 Å². The van der Waals surface area contributed by atoms with Gasteiger partial charge in [-0.25, -0.2) is 0 Å². The van der Waals surface area contributed by atoms with E-state index >= 15 is 0 Å². The Kier molecular flexibility index (Phi) is 7.97. The summed E-state index contributed by atoms with van der Waals surface area (Å²) in [5.41, 5.74) is 1.14. The maximum atomic E-state index is 12.6. The summed E-state index contributed by atoms with van der Waals surface area (Å²) in [6, 6.07) is 15.8. The van der Waals surface area contributed by atoms with E-state index in [0.29, 0.717) is 28.6 Å². The van der Waals surface area contributed by atoms with Gasteiger partial charge in [-0.2, -0.15) is 0 Å². The van der Waals surface area contributed by atoms with Crippen molar-refractivity contribution in [1.82, 2.24) is 4.90 Å². The zero-order chi connectivity index (χ0) is 22.2. The lowest BCUT2D eigenvalue weighted by Gasteiger charge is -2.14. The number of hydrogen-bond acceptors (Lipinski definition) is 6. The lowest BCUT2D eigenvalue weighted by molar-refractivity contribution is -0.254. The third-order valence-electron chi connectivity index (χ3n) is 4.68. The van der Waals surface area contributed by atoms with E-state index in [1.165, 1.54) is 23.9 Å². The Hall–Kier alpha value is -2.97. The van der Waals surface area contributed by atoms with E-state index in [-0.39, 0.29) is 29.5 Å². The van der Waals surface area contributed by atoms with Crippen LogP contribution in [0.2, 0.25) is 0 Å². The molecule has 1 heterocycles. The van der Waals surface area contributed by atoms with Crippen LogP contribution < -0.4 is 10.4 Å². The average molecular weight is 454 g/mol. The number of aromatic carboxylic acids is 1. The van der Waals surface area contributed by atoms with E-state index in [0.717, 1.165) is 12.0 Å². The number of nitrogens with one attached hydrogen (secondary N) is 1. The van der Waals surface area contributed by atoms with Crippen molar-refractivity contribution in [3.05, 3.63) is 70.6 Å². The van der Waals surface area contributed by atoms with Gasteiger partial charge in [-0.3, -0.25) is 14.5 Å². The molecule has 31 heavy (non-hydrogen) atoms. The molecule has 160 valence electrons. The lowest BCUT2D eigenvalue weighted by Crippen LogP contribution is -2.29. The van der Waals surface area contributed by atoms with Crippen LogP contribution in [0.15, 0.2) is 59.5 Å². The number of benzene rings is 2. The van der Waals surface area contributed by atoms with E-state index < -0.39 is 5.97 Å². The summed E-state index contributed by atoms with van der Waals surface area (Å²) in [7, 11) is 0. The highest BCUT2D eigenvalue weighted by Gasteiger charge is 2.31. The minimum atomic E-state index is -1.33. The highest BCUT2D eigenvalue weighted by molar-refractivity contribution is 8.26. The highest BCUT2D eigenvalue weighted by Crippen LogP contribution is 2.32. The molecule has 1 aliphatic heterocycles. The molecule has 0 radical (unpaired) electrons. The molecule has 2 aromatic rings. The van der Waals surface area contributed by atoms with Gasteiger partial charge in [-0.15, -0.1) is 0 Å². The summed E-state index contributed by atoms with van der Waals surface area (Å²) in [5, 5.41) is 13.7. The van der Waals surface area contributed by atoms with E-state index in [4.69, 9.17) is 12.2 Å². The maximum Gasteiger partial charge on any atom is 0.266 e. The minimum Gasteiger partial charge on any atom is -0.545 e. The van der Waals surface area contributed by atoms with Crippen LogP contribution >= 0.6 is 24.0 Å². The molecular weight excluding hydrogens is 432 g/mol. The van der Waals surface area contributed by atoms with Crippen molar-refractivity contribution < 1.29 is 19.5 Å². The quantitative estimate of drug-likeness (QED) is 0.355. The largest absolute Gasteiger partial charge is 0.545 e. The minimum absolute atomic E-state index is 0.0474. The number of anilines is 1. The van der Waals surface area contributed by atoms with Gasteiger partial charge in [0.05, 0.1) is 10.9 Å². The van der Waals surface area contributed by atoms with Crippen molar-refractivity contribution in [1.29, 1.82) is 0 Å². The molecule has 6 nitrogen and oxygen atoms in total. The van der Waals surface area contributed by atoms with Crippen molar-refractivity contribution in [3.8, 4) is 0 Å². The lowest BCUT2D eigenvalue weighted by atomic mass is 10.1. The molecule has 0 spiro atoms. The van der Waals surface area contributed by atoms with Crippen LogP contribution in [-0.2, 0) is 9.59 Å². The van der Waals surface area contributed by atoms with Gasteiger partial charge >= 0.3 is 0 Å². The monoisotopic (exact) mass is 453 g/mol. The summed E-state index contributed by atoms with van der Waals surface area (Å²) >= 11 is 6.65. The third-order valence-corrected chi connectivity index (χ3v) is 6.06. The summed E-state index contributed by atoms with van der Waals surface area (Å²) < 4.78 is 0.545. The van der Waals surface area contributed by atoms with Crippen LogP contribution in [0.25, 0.3) is 6.08 Å². The third kappa shape index (κ3) is 6.26. The Morgan fingerprint density at radius 1 is 1.03 bits per heavy atom. The van der Waals surface area contributed by atoms with Crippen LogP contribution in [0.4, 0.5) is 5.69 Å². The predicted molar refractivity (Wildman–Crippen MR) is 124 cm³/mol. The molecule has 0 bridgehead atoms. The zero-order valence-corrected chi connectivity index (χ0v) is 18.3. The van der Waals surface area contributed by atoms with E-state index in [2.05, 4.69) is 5.32 Å². The van der Waals surface area contributed by atoms with Crippen LogP contribution in [0.5, 0.6) is 0 Å². The fraction of sp³-hybridized carbons (Fsp3) is 0.217. The molecule has 8 heteroatoms. The number of carbonyl (C=O) groups is 3. The maximum absolute atomic E-state index is 12.6. The van der Waals surface area contributed by atoms with Crippen molar-refractivity contribution >= 4 is 57.8 Å². The molecule has 0 atom stereocenters. The first kappa shape index (κ1) is 22.7. The van der Waals surface area contributed by atoms with Gasteiger partial charge in [0.2, 0.25) is 5.91 Å². The number of amides is 2. The number of carboxylic acid groups (broad SMARTS) is 1. The summed E-state index contributed by atoms with van der Waals surface area (Å²) in [6.45, 7) is 0.506.